The summed E-state index contributed by atoms with van der Waals surface area (Å²) in [6.07, 6.45) is 6.35. The van der Waals surface area contributed by atoms with Crippen molar-refractivity contribution in [2.45, 2.75) is 84.5 Å². The van der Waals surface area contributed by atoms with Crippen LogP contribution in [0.15, 0.2) is 24.3 Å². The van der Waals surface area contributed by atoms with Gasteiger partial charge in [0.1, 0.15) is 0 Å². The van der Waals surface area contributed by atoms with Crippen molar-refractivity contribution in [3.8, 4) is 11.1 Å². The van der Waals surface area contributed by atoms with E-state index in [9.17, 15) is 17.6 Å². The van der Waals surface area contributed by atoms with Crippen molar-refractivity contribution in [2.75, 3.05) is 0 Å². The molecule has 4 heteroatoms. The lowest BCUT2D eigenvalue weighted by molar-refractivity contribution is 0.339. The average molecular weight is 435 g/mol. The summed E-state index contributed by atoms with van der Waals surface area (Å²) < 4.78 is 59.6. The summed E-state index contributed by atoms with van der Waals surface area (Å²) in [6.45, 7) is 8.29. The monoisotopic (exact) mass is 434 g/mol. The van der Waals surface area contributed by atoms with Crippen molar-refractivity contribution < 1.29 is 17.6 Å². The normalized spacial score (nSPS) is 21.2. The summed E-state index contributed by atoms with van der Waals surface area (Å²) in [7, 11) is 0. The molecule has 0 aliphatic heterocycles. The molecule has 2 atom stereocenters. The molecule has 0 bridgehead atoms. The molecule has 1 saturated carbocycles. The van der Waals surface area contributed by atoms with Crippen LogP contribution in [0.25, 0.3) is 11.1 Å². The van der Waals surface area contributed by atoms with Crippen molar-refractivity contribution in [1.29, 1.82) is 0 Å². The predicted octanol–water partition coefficient (Wildman–Crippen LogP) is 9.13. The Bertz CT molecular complexity index is 897. The molecular weight excluding hydrogens is 400 g/mol. The van der Waals surface area contributed by atoms with Crippen molar-refractivity contribution in [1.82, 2.24) is 0 Å². The molecule has 0 heterocycles. The molecule has 0 amide bonds. The number of benzene rings is 2. The van der Waals surface area contributed by atoms with Crippen LogP contribution in [-0.2, 0) is 0 Å². The fourth-order valence-corrected chi connectivity index (χ4v) is 4.71. The zero-order valence-corrected chi connectivity index (χ0v) is 19.1. The SMILES string of the molecule is CC[C@@H](C)CCC(C)c1ccc(-c2ccc(C3CCC(C)CC3)c(F)c2F)c(F)c1F. The van der Waals surface area contributed by atoms with Crippen LogP contribution in [0.3, 0.4) is 0 Å². The molecule has 1 aliphatic rings. The van der Waals surface area contributed by atoms with E-state index >= 15 is 0 Å². The van der Waals surface area contributed by atoms with Gasteiger partial charge in [0, 0.05) is 11.1 Å². The minimum atomic E-state index is -1.11. The Morgan fingerprint density at radius 2 is 1.35 bits per heavy atom. The second-order valence-electron chi connectivity index (χ2n) is 9.61. The Balaban J connectivity index is 1.87. The van der Waals surface area contributed by atoms with Gasteiger partial charge in [0.15, 0.2) is 23.3 Å². The summed E-state index contributed by atoms with van der Waals surface area (Å²) in [5.74, 6) is -3.12. The molecule has 0 aromatic heterocycles. The van der Waals surface area contributed by atoms with E-state index in [1.807, 2.05) is 6.92 Å². The Hall–Kier alpha value is -1.84. The molecular formula is C27H34F4. The molecule has 0 N–H and O–H groups in total. The molecule has 2 aromatic rings. The topological polar surface area (TPSA) is 0 Å². The predicted molar refractivity (Wildman–Crippen MR) is 119 cm³/mol. The number of hydrogen-bond donors (Lipinski definition) is 0. The Kier molecular flexibility index (Phi) is 7.82. The summed E-state index contributed by atoms with van der Waals surface area (Å²) >= 11 is 0. The van der Waals surface area contributed by atoms with E-state index in [0.29, 0.717) is 23.0 Å². The first-order chi connectivity index (χ1) is 14.7. The first-order valence-electron chi connectivity index (χ1n) is 11.7. The second kappa shape index (κ2) is 10.2. The van der Waals surface area contributed by atoms with Crippen LogP contribution in [0, 0.1) is 35.1 Å². The third-order valence-electron chi connectivity index (χ3n) is 7.29. The molecule has 0 spiro atoms. The van der Waals surface area contributed by atoms with Gasteiger partial charge in [-0.3, -0.25) is 0 Å². The van der Waals surface area contributed by atoms with Gasteiger partial charge in [-0.15, -0.1) is 0 Å². The van der Waals surface area contributed by atoms with Crippen LogP contribution >= 0.6 is 0 Å². The fraction of sp³-hybridized carbons (Fsp3) is 0.556. The van der Waals surface area contributed by atoms with Crippen molar-refractivity contribution in [2.24, 2.45) is 11.8 Å². The van der Waals surface area contributed by atoms with Crippen LogP contribution in [0.4, 0.5) is 17.6 Å². The summed E-state index contributed by atoms with van der Waals surface area (Å²) in [6, 6.07) is 5.85. The smallest absolute Gasteiger partial charge is 0.167 e. The first kappa shape index (κ1) is 23.8. The molecule has 3 rings (SSSR count). The second-order valence-corrected chi connectivity index (χ2v) is 9.61. The van der Waals surface area contributed by atoms with E-state index in [4.69, 9.17) is 0 Å². The van der Waals surface area contributed by atoms with Gasteiger partial charge < -0.3 is 0 Å². The molecule has 0 saturated heterocycles. The van der Waals surface area contributed by atoms with E-state index < -0.39 is 23.3 Å². The molecule has 1 aliphatic carbocycles. The lowest BCUT2D eigenvalue weighted by Gasteiger charge is -2.27. The van der Waals surface area contributed by atoms with Crippen LogP contribution < -0.4 is 0 Å². The van der Waals surface area contributed by atoms with Gasteiger partial charge in [0.2, 0.25) is 0 Å². The molecule has 31 heavy (non-hydrogen) atoms. The average Bonchev–Trinajstić information content (AvgIpc) is 2.76. The highest BCUT2D eigenvalue weighted by molar-refractivity contribution is 5.66. The number of rotatable bonds is 7. The summed E-state index contributed by atoms with van der Waals surface area (Å²) in [5, 5.41) is 0. The van der Waals surface area contributed by atoms with Crippen LogP contribution in [0.5, 0.6) is 0 Å². The molecule has 1 unspecified atom stereocenters. The van der Waals surface area contributed by atoms with Gasteiger partial charge in [-0.1, -0.05) is 77.6 Å². The maximum atomic E-state index is 14.9. The zero-order valence-electron chi connectivity index (χ0n) is 19.1. The van der Waals surface area contributed by atoms with E-state index in [1.165, 1.54) is 18.2 Å². The highest BCUT2D eigenvalue weighted by atomic mass is 19.2. The molecule has 0 radical (unpaired) electrons. The van der Waals surface area contributed by atoms with E-state index in [2.05, 4.69) is 20.8 Å². The summed E-state index contributed by atoms with van der Waals surface area (Å²) in [5.41, 5.74) is 0.193. The molecule has 2 aromatic carbocycles. The van der Waals surface area contributed by atoms with Gasteiger partial charge in [0.25, 0.3) is 0 Å². The third-order valence-corrected chi connectivity index (χ3v) is 7.29. The summed E-state index contributed by atoms with van der Waals surface area (Å²) in [4.78, 5) is 0. The van der Waals surface area contributed by atoms with Gasteiger partial charge >= 0.3 is 0 Å². The Labute approximate surface area is 184 Å². The van der Waals surface area contributed by atoms with Gasteiger partial charge in [-0.05, 0) is 54.1 Å². The van der Waals surface area contributed by atoms with Crippen molar-refractivity contribution in [3.63, 3.8) is 0 Å². The van der Waals surface area contributed by atoms with Gasteiger partial charge in [0.05, 0.1) is 0 Å². The third kappa shape index (κ3) is 5.15. The standard InChI is InChI=1S/C27H34F4/c1-5-16(2)6-9-18(4)20-12-14-22(26(30)24(20)28)23-15-13-21(25(29)27(23)31)19-10-7-17(3)8-11-19/h12-19H,5-11H2,1-4H3/t16-,17?,18?,19?/m1/s1. The highest BCUT2D eigenvalue weighted by Gasteiger charge is 2.27. The van der Waals surface area contributed by atoms with E-state index in [-0.39, 0.29) is 23.0 Å². The molecule has 1 fully saturated rings. The lowest BCUT2D eigenvalue weighted by atomic mass is 9.79. The largest absolute Gasteiger partial charge is 0.203 e. The van der Waals surface area contributed by atoms with Gasteiger partial charge in [-0.2, -0.15) is 0 Å². The van der Waals surface area contributed by atoms with Crippen LogP contribution in [0.1, 0.15) is 95.6 Å². The lowest BCUT2D eigenvalue weighted by Crippen LogP contribution is -2.13. The fourth-order valence-electron chi connectivity index (χ4n) is 4.71. The minimum Gasteiger partial charge on any atom is -0.203 e. The quantitative estimate of drug-likeness (QED) is 0.381. The van der Waals surface area contributed by atoms with Crippen LogP contribution in [-0.4, -0.2) is 0 Å². The first-order valence-corrected chi connectivity index (χ1v) is 11.7. The highest BCUT2D eigenvalue weighted by Crippen LogP contribution is 2.40. The Morgan fingerprint density at radius 3 is 1.97 bits per heavy atom. The van der Waals surface area contributed by atoms with Crippen molar-refractivity contribution in [3.05, 3.63) is 58.7 Å². The van der Waals surface area contributed by atoms with E-state index in [0.717, 1.165) is 44.9 Å². The molecule has 0 nitrogen and oxygen atoms in total. The number of halogens is 4. The maximum absolute atomic E-state index is 14.9. The molecule has 170 valence electrons. The maximum Gasteiger partial charge on any atom is 0.167 e. The Morgan fingerprint density at radius 1 is 0.774 bits per heavy atom. The van der Waals surface area contributed by atoms with Gasteiger partial charge in [-0.25, -0.2) is 17.6 Å². The van der Waals surface area contributed by atoms with E-state index in [1.54, 1.807) is 6.07 Å². The minimum absolute atomic E-state index is 0.0185. The number of hydrogen-bond acceptors (Lipinski definition) is 0. The van der Waals surface area contributed by atoms with Crippen molar-refractivity contribution >= 4 is 0 Å². The van der Waals surface area contributed by atoms with Crippen LogP contribution in [0.2, 0.25) is 0 Å². The zero-order chi connectivity index (χ0) is 22.7.